The van der Waals surface area contributed by atoms with Gasteiger partial charge in [-0.3, -0.25) is 9.69 Å². The van der Waals surface area contributed by atoms with Gasteiger partial charge < -0.3 is 9.64 Å². The maximum absolute atomic E-state index is 12.7. The molecule has 4 heteroatoms. The fourth-order valence-electron chi connectivity index (χ4n) is 4.80. The molecule has 0 bridgehead atoms. The minimum absolute atomic E-state index is 0.180. The Morgan fingerprint density at radius 1 is 0.933 bits per heavy atom. The van der Waals surface area contributed by atoms with E-state index in [0.717, 1.165) is 56.9 Å². The van der Waals surface area contributed by atoms with Crippen molar-refractivity contribution < 1.29 is 9.53 Å². The van der Waals surface area contributed by atoms with Gasteiger partial charge in [-0.1, -0.05) is 49.1 Å². The molecular weight excluding hydrogens is 372 g/mol. The van der Waals surface area contributed by atoms with Crippen LogP contribution in [0.2, 0.25) is 0 Å². The lowest BCUT2D eigenvalue weighted by molar-refractivity contribution is 0.0283. The molecule has 4 nitrogen and oxygen atoms in total. The second-order valence-corrected chi connectivity index (χ2v) is 8.64. The monoisotopic (exact) mass is 404 g/mol. The normalized spacial score (nSPS) is 18.9. The highest BCUT2D eigenvalue weighted by molar-refractivity contribution is 5.94. The molecule has 30 heavy (non-hydrogen) atoms. The highest BCUT2D eigenvalue weighted by Gasteiger charge is 2.38. The van der Waals surface area contributed by atoms with E-state index in [4.69, 9.17) is 4.74 Å². The van der Waals surface area contributed by atoms with E-state index >= 15 is 0 Å². The predicted molar refractivity (Wildman–Crippen MR) is 121 cm³/mol. The Bertz CT molecular complexity index is 846. The molecule has 0 atom stereocenters. The second kappa shape index (κ2) is 9.48. The number of rotatable bonds is 6. The highest BCUT2D eigenvalue weighted by atomic mass is 16.5. The maximum Gasteiger partial charge on any atom is 0.253 e. The van der Waals surface area contributed by atoms with Crippen LogP contribution in [0.1, 0.15) is 41.6 Å². The molecule has 4 rings (SSSR count). The summed E-state index contributed by atoms with van der Waals surface area (Å²) in [7, 11) is 0. The molecule has 0 aromatic heterocycles. The van der Waals surface area contributed by atoms with E-state index in [9.17, 15) is 4.79 Å². The summed E-state index contributed by atoms with van der Waals surface area (Å²) in [5.41, 5.74) is 2.46. The number of carbonyl (C=O) groups is 1. The fourth-order valence-corrected chi connectivity index (χ4v) is 4.80. The van der Waals surface area contributed by atoms with Gasteiger partial charge in [-0.05, 0) is 62.4 Å². The number of carbonyl (C=O) groups excluding carboxylic acids is 1. The zero-order valence-electron chi connectivity index (χ0n) is 17.8. The van der Waals surface area contributed by atoms with Crippen LogP contribution in [0.4, 0.5) is 0 Å². The molecular formula is C26H32N2O2. The molecule has 2 aromatic rings. The molecule has 0 saturated carbocycles. The van der Waals surface area contributed by atoms with Crippen molar-refractivity contribution in [1.29, 1.82) is 0 Å². The van der Waals surface area contributed by atoms with Crippen LogP contribution in [0.15, 0.2) is 67.3 Å². The first-order valence-electron chi connectivity index (χ1n) is 11.1. The van der Waals surface area contributed by atoms with Gasteiger partial charge in [0.15, 0.2) is 0 Å². The summed E-state index contributed by atoms with van der Waals surface area (Å²) < 4.78 is 5.83. The third-order valence-corrected chi connectivity index (χ3v) is 6.77. The number of ether oxygens (including phenoxy) is 1. The Kier molecular flexibility index (Phi) is 6.53. The molecule has 2 fully saturated rings. The van der Waals surface area contributed by atoms with E-state index in [1.165, 1.54) is 18.4 Å². The Morgan fingerprint density at radius 2 is 1.57 bits per heavy atom. The molecule has 0 aliphatic carbocycles. The first kappa shape index (κ1) is 20.7. The topological polar surface area (TPSA) is 32.8 Å². The molecule has 2 heterocycles. The van der Waals surface area contributed by atoms with Crippen molar-refractivity contribution in [3.05, 3.63) is 78.4 Å². The van der Waals surface area contributed by atoms with Crippen molar-refractivity contribution in [3.8, 4) is 5.75 Å². The minimum atomic E-state index is 0.180. The number of hydrogen-bond acceptors (Lipinski definition) is 3. The number of nitrogens with zero attached hydrogens (tertiary/aromatic N) is 2. The van der Waals surface area contributed by atoms with E-state index in [0.29, 0.717) is 12.0 Å². The molecule has 2 saturated heterocycles. The lowest BCUT2D eigenvalue weighted by atomic mass is 9.71. The van der Waals surface area contributed by atoms with Crippen LogP contribution in [0.25, 0.3) is 0 Å². The lowest BCUT2D eigenvalue weighted by Crippen LogP contribution is -2.48. The fraction of sp³-hybridized carbons (Fsp3) is 0.423. The SMILES string of the molecule is C=CCOc1ccccc1CN1CCC2(CC1)CCN(C(=O)c1ccccc1)CC2. The van der Waals surface area contributed by atoms with Crippen molar-refractivity contribution in [2.75, 3.05) is 32.8 Å². The third-order valence-electron chi connectivity index (χ3n) is 6.77. The van der Waals surface area contributed by atoms with E-state index in [-0.39, 0.29) is 5.91 Å². The third kappa shape index (κ3) is 4.76. The van der Waals surface area contributed by atoms with Crippen molar-refractivity contribution in [2.45, 2.75) is 32.2 Å². The molecule has 2 aliphatic heterocycles. The highest BCUT2D eigenvalue weighted by Crippen LogP contribution is 2.42. The number of para-hydroxylation sites is 1. The number of hydrogen-bond donors (Lipinski definition) is 0. The first-order valence-corrected chi connectivity index (χ1v) is 11.1. The standard InChI is InChI=1S/C26H32N2O2/c1-2-20-30-24-11-7-6-10-23(24)21-27-16-12-26(13-17-27)14-18-28(19-15-26)25(29)22-8-4-3-5-9-22/h2-11H,1,12-21H2. The van der Waals surface area contributed by atoms with Crippen molar-refractivity contribution in [3.63, 3.8) is 0 Å². The minimum Gasteiger partial charge on any atom is -0.489 e. The molecule has 158 valence electrons. The lowest BCUT2D eigenvalue weighted by Gasteiger charge is -2.47. The summed E-state index contributed by atoms with van der Waals surface area (Å²) >= 11 is 0. The molecule has 2 aliphatic rings. The average Bonchev–Trinajstić information content (AvgIpc) is 2.81. The summed E-state index contributed by atoms with van der Waals surface area (Å²) in [6, 6.07) is 18.0. The smallest absolute Gasteiger partial charge is 0.253 e. The molecule has 0 unspecified atom stereocenters. The largest absolute Gasteiger partial charge is 0.489 e. The van der Waals surface area contributed by atoms with Crippen LogP contribution < -0.4 is 4.74 Å². The predicted octanol–water partition coefficient (Wildman–Crippen LogP) is 4.77. The number of likely N-dealkylation sites (tertiary alicyclic amines) is 2. The van der Waals surface area contributed by atoms with Crippen molar-refractivity contribution in [2.24, 2.45) is 5.41 Å². The molecule has 0 radical (unpaired) electrons. The van der Waals surface area contributed by atoms with Gasteiger partial charge in [0.1, 0.15) is 12.4 Å². The van der Waals surface area contributed by atoms with E-state index in [2.05, 4.69) is 23.6 Å². The molecule has 1 amide bonds. The van der Waals surface area contributed by atoms with Gasteiger partial charge >= 0.3 is 0 Å². The van der Waals surface area contributed by atoms with Crippen LogP contribution in [0.5, 0.6) is 5.75 Å². The summed E-state index contributed by atoms with van der Waals surface area (Å²) in [5.74, 6) is 1.14. The maximum atomic E-state index is 12.7. The Balaban J connectivity index is 1.29. The summed E-state index contributed by atoms with van der Waals surface area (Å²) in [6.07, 6.45) is 6.47. The number of piperidine rings is 2. The van der Waals surface area contributed by atoms with Gasteiger partial charge in [0.2, 0.25) is 0 Å². The Morgan fingerprint density at radius 3 is 2.27 bits per heavy atom. The van der Waals surface area contributed by atoms with Gasteiger partial charge in [0.25, 0.3) is 5.91 Å². The van der Waals surface area contributed by atoms with Crippen LogP contribution in [0, 0.1) is 5.41 Å². The van der Waals surface area contributed by atoms with Gasteiger partial charge in [-0.15, -0.1) is 0 Å². The molecule has 1 spiro atoms. The van der Waals surface area contributed by atoms with Crippen molar-refractivity contribution in [1.82, 2.24) is 9.80 Å². The van der Waals surface area contributed by atoms with Gasteiger partial charge in [0.05, 0.1) is 0 Å². The molecule has 0 N–H and O–H groups in total. The average molecular weight is 405 g/mol. The first-order chi connectivity index (χ1) is 14.7. The van der Waals surface area contributed by atoms with E-state index in [1.54, 1.807) is 6.08 Å². The van der Waals surface area contributed by atoms with Gasteiger partial charge in [0, 0.05) is 30.8 Å². The second-order valence-electron chi connectivity index (χ2n) is 8.64. The van der Waals surface area contributed by atoms with Crippen LogP contribution >= 0.6 is 0 Å². The zero-order valence-corrected chi connectivity index (χ0v) is 17.8. The van der Waals surface area contributed by atoms with Gasteiger partial charge in [-0.2, -0.15) is 0 Å². The van der Waals surface area contributed by atoms with Gasteiger partial charge in [-0.25, -0.2) is 0 Å². The number of benzene rings is 2. The summed E-state index contributed by atoms with van der Waals surface area (Å²) in [4.78, 5) is 17.3. The molecule has 2 aromatic carbocycles. The quantitative estimate of drug-likeness (QED) is 0.650. The Hall–Kier alpha value is -2.59. The zero-order chi connectivity index (χ0) is 20.8. The van der Waals surface area contributed by atoms with Crippen LogP contribution in [-0.4, -0.2) is 48.5 Å². The van der Waals surface area contributed by atoms with E-state index < -0.39 is 0 Å². The summed E-state index contributed by atoms with van der Waals surface area (Å²) in [5, 5.41) is 0. The summed E-state index contributed by atoms with van der Waals surface area (Å²) in [6.45, 7) is 9.20. The van der Waals surface area contributed by atoms with Crippen LogP contribution in [-0.2, 0) is 6.54 Å². The van der Waals surface area contributed by atoms with Crippen LogP contribution in [0.3, 0.4) is 0 Å². The van der Waals surface area contributed by atoms with E-state index in [1.807, 2.05) is 47.4 Å². The Labute approximate surface area is 180 Å². The number of amides is 1. The van der Waals surface area contributed by atoms with Crippen molar-refractivity contribution >= 4 is 5.91 Å².